The first-order chi connectivity index (χ1) is 11.9. The molecule has 0 fully saturated rings. The average Bonchev–Trinajstić information content (AvgIpc) is 2.56. The van der Waals surface area contributed by atoms with E-state index in [1.54, 1.807) is 18.2 Å². The van der Waals surface area contributed by atoms with E-state index < -0.39 is 5.91 Å². The van der Waals surface area contributed by atoms with Crippen molar-refractivity contribution in [3.63, 3.8) is 0 Å². The lowest BCUT2D eigenvalue weighted by molar-refractivity contribution is -0.114. The Hall–Kier alpha value is -3.16. The highest BCUT2D eigenvalue weighted by molar-refractivity contribution is 6.04. The predicted molar refractivity (Wildman–Crippen MR) is 94.0 cm³/mol. The van der Waals surface area contributed by atoms with E-state index in [2.05, 4.69) is 15.7 Å². The molecule has 0 aliphatic rings. The average molecular weight is 344 g/mol. The standard InChI is InChI=1S/C17H20N4O4/c1-4-9-21-16(23)8-6-13(20-21)17(24)19-14-10-12(18-11(2)22)5-7-15(14)25-3/h5-8,10H,4,9H2,1-3H3,(H,18,22)(H,19,24). The molecule has 2 aromatic rings. The van der Waals surface area contributed by atoms with Gasteiger partial charge in [0.05, 0.1) is 12.8 Å². The van der Waals surface area contributed by atoms with E-state index in [0.29, 0.717) is 23.7 Å². The fraction of sp³-hybridized carbons (Fsp3) is 0.294. The number of ether oxygens (including phenoxy) is 1. The molecule has 0 spiro atoms. The second-order valence-electron chi connectivity index (χ2n) is 5.33. The first kappa shape index (κ1) is 18.2. The zero-order chi connectivity index (χ0) is 18.4. The van der Waals surface area contributed by atoms with Crippen LogP contribution in [0.2, 0.25) is 0 Å². The summed E-state index contributed by atoms with van der Waals surface area (Å²) in [4.78, 5) is 35.3. The molecular weight excluding hydrogens is 324 g/mol. The highest BCUT2D eigenvalue weighted by Gasteiger charge is 2.13. The van der Waals surface area contributed by atoms with E-state index in [-0.39, 0.29) is 17.2 Å². The Labute approximate surface area is 144 Å². The van der Waals surface area contributed by atoms with Gasteiger partial charge in [-0.1, -0.05) is 6.92 Å². The Morgan fingerprint density at radius 1 is 1.20 bits per heavy atom. The molecule has 2 rings (SSSR count). The van der Waals surface area contributed by atoms with Crippen LogP contribution in [0.15, 0.2) is 35.1 Å². The van der Waals surface area contributed by atoms with Gasteiger partial charge < -0.3 is 15.4 Å². The van der Waals surface area contributed by atoms with Crippen molar-refractivity contribution in [3.05, 3.63) is 46.4 Å². The molecule has 0 aliphatic carbocycles. The van der Waals surface area contributed by atoms with Gasteiger partial charge in [-0.15, -0.1) is 0 Å². The summed E-state index contributed by atoms with van der Waals surface area (Å²) in [6, 6.07) is 7.55. The van der Waals surface area contributed by atoms with Crippen LogP contribution in [-0.2, 0) is 11.3 Å². The molecule has 1 aromatic carbocycles. The minimum absolute atomic E-state index is 0.111. The molecule has 0 atom stereocenters. The maximum atomic E-state index is 12.5. The van der Waals surface area contributed by atoms with Crippen LogP contribution in [0.5, 0.6) is 5.75 Å². The maximum Gasteiger partial charge on any atom is 0.276 e. The number of carbonyl (C=O) groups excluding carboxylic acids is 2. The van der Waals surface area contributed by atoms with E-state index in [1.807, 2.05) is 6.92 Å². The predicted octanol–water partition coefficient (Wildman–Crippen LogP) is 1.87. The van der Waals surface area contributed by atoms with Gasteiger partial charge in [-0.25, -0.2) is 4.68 Å². The van der Waals surface area contributed by atoms with Crippen LogP contribution in [0.1, 0.15) is 30.8 Å². The van der Waals surface area contributed by atoms with E-state index in [1.165, 1.54) is 30.8 Å². The number of methoxy groups -OCH3 is 1. The largest absolute Gasteiger partial charge is 0.495 e. The minimum Gasteiger partial charge on any atom is -0.495 e. The normalized spacial score (nSPS) is 10.2. The van der Waals surface area contributed by atoms with Gasteiger partial charge in [-0.2, -0.15) is 5.10 Å². The number of anilines is 2. The van der Waals surface area contributed by atoms with E-state index in [4.69, 9.17) is 4.74 Å². The van der Waals surface area contributed by atoms with E-state index in [9.17, 15) is 14.4 Å². The SMILES string of the molecule is CCCn1nc(C(=O)Nc2cc(NC(C)=O)ccc2OC)ccc1=O. The molecule has 0 aliphatic heterocycles. The van der Waals surface area contributed by atoms with Crippen LogP contribution in [0, 0.1) is 0 Å². The van der Waals surface area contributed by atoms with Crippen LogP contribution in [0.4, 0.5) is 11.4 Å². The van der Waals surface area contributed by atoms with Crippen LogP contribution < -0.4 is 20.9 Å². The molecule has 0 saturated heterocycles. The molecular formula is C17H20N4O4. The Kier molecular flexibility index (Phi) is 5.89. The van der Waals surface area contributed by atoms with Crippen molar-refractivity contribution in [2.24, 2.45) is 0 Å². The van der Waals surface area contributed by atoms with Crippen LogP contribution >= 0.6 is 0 Å². The molecule has 2 amide bonds. The van der Waals surface area contributed by atoms with Crippen molar-refractivity contribution in [2.45, 2.75) is 26.8 Å². The number of hydrogen-bond donors (Lipinski definition) is 2. The van der Waals surface area contributed by atoms with Gasteiger partial charge in [0.2, 0.25) is 5.91 Å². The zero-order valence-corrected chi connectivity index (χ0v) is 14.3. The Bertz CT molecular complexity index is 845. The number of amides is 2. The number of carbonyl (C=O) groups is 2. The van der Waals surface area contributed by atoms with Crippen molar-refractivity contribution in [1.82, 2.24) is 9.78 Å². The van der Waals surface area contributed by atoms with Crippen molar-refractivity contribution in [1.29, 1.82) is 0 Å². The first-order valence-corrected chi connectivity index (χ1v) is 7.79. The quantitative estimate of drug-likeness (QED) is 0.833. The molecule has 0 saturated carbocycles. The third kappa shape index (κ3) is 4.66. The molecule has 132 valence electrons. The molecule has 1 aromatic heterocycles. The number of aryl methyl sites for hydroxylation is 1. The summed E-state index contributed by atoms with van der Waals surface area (Å²) in [7, 11) is 1.47. The van der Waals surface area contributed by atoms with Gasteiger partial charge >= 0.3 is 0 Å². The highest BCUT2D eigenvalue weighted by atomic mass is 16.5. The van der Waals surface area contributed by atoms with Crippen LogP contribution in [0.25, 0.3) is 0 Å². The highest BCUT2D eigenvalue weighted by Crippen LogP contribution is 2.28. The second kappa shape index (κ2) is 8.09. The summed E-state index contributed by atoms with van der Waals surface area (Å²) in [5.41, 5.74) is 0.755. The lowest BCUT2D eigenvalue weighted by Gasteiger charge is -2.12. The maximum absolute atomic E-state index is 12.5. The minimum atomic E-state index is -0.483. The Morgan fingerprint density at radius 2 is 1.96 bits per heavy atom. The molecule has 0 unspecified atom stereocenters. The summed E-state index contributed by atoms with van der Waals surface area (Å²) in [6.45, 7) is 3.74. The Morgan fingerprint density at radius 3 is 2.60 bits per heavy atom. The molecule has 0 radical (unpaired) electrons. The summed E-state index contributed by atoms with van der Waals surface area (Å²) in [6.07, 6.45) is 0.727. The molecule has 0 bridgehead atoms. The first-order valence-electron chi connectivity index (χ1n) is 7.79. The fourth-order valence-corrected chi connectivity index (χ4v) is 2.22. The van der Waals surface area contributed by atoms with Crippen molar-refractivity contribution < 1.29 is 14.3 Å². The number of rotatable bonds is 6. The van der Waals surface area contributed by atoms with Gasteiger partial charge in [0.25, 0.3) is 11.5 Å². The van der Waals surface area contributed by atoms with Gasteiger partial charge in [0.1, 0.15) is 11.4 Å². The van der Waals surface area contributed by atoms with Crippen molar-refractivity contribution in [3.8, 4) is 5.75 Å². The topological polar surface area (TPSA) is 102 Å². The second-order valence-corrected chi connectivity index (χ2v) is 5.33. The molecule has 1 heterocycles. The zero-order valence-electron chi connectivity index (χ0n) is 14.3. The monoisotopic (exact) mass is 344 g/mol. The fourth-order valence-electron chi connectivity index (χ4n) is 2.22. The van der Waals surface area contributed by atoms with Crippen LogP contribution in [0.3, 0.4) is 0 Å². The van der Waals surface area contributed by atoms with Gasteiger partial charge in [0.15, 0.2) is 0 Å². The van der Waals surface area contributed by atoms with Gasteiger partial charge in [-0.05, 0) is 30.7 Å². The smallest absolute Gasteiger partial charge is 0.276 e. The van der Waals surface area contributed by atoms with Crippen molar-refractivity contribution in [2.75, 3.05) is 17.7 Å². The Balaban J connectivity index is 2.29. The van der Waals surface area contributed by atoms with Gasteiger partial charge in [-0.3, -0.25) is 14.4 Å². The summed E-state index contributed by atoms with van der Waals surface area (Å²) >= 11 is 0. The number of hydrogen-bond acceptors (Lipinski definition) is 5. The number of aromatic nitrogens is 2. The van der Waals surface area contributed by atoms with E-state index in [0.717, 1.165) is 6.42 Å². The molecule has 25 heavy (non-hydrogen) atoms. The lowest BCUT2D eigenvalue weighted by Crippen LogP contribution is -2.26. The molecule has 8 nitrogen and oxygen atoms in total. The molecule has 2 N–H and O–H groups in total. The molecule has 8 heteroatoms. The van der Waals surface area contributed by atoms with E-state index >= 15 is 0 Å². The number of nitrogens with one attached hydrogen (secondary N) is 2. The van der Waals surface area contributed by atoms with Gasteiger partial charge in [0, 0.05) is 25.2 Å². The number of benzene rings is 1. The summed E-state index contributed by atoms with van der Waals surface area (Å²) in [5, 5.41) is 9.39. The van der Waals surface area contributed by atoms with Crippen LogP contribution in [-0.4, -0.2) is 28.7 Å². The number of nitrogens with zero attached hydrogens (tertiary/aromatic N) is 2. The van der Waals surface area contributed by atoms with Crippen molar-refractivity contribution >= 4 is 23.2 Å². The summed E-state index contributed by atoms with van der Waals surface area (Å²) < 4.78 is 6.47. The third-order valence-electron chi connectivity index (χ3n) is 3.30. The lowest BCUT2D eigenvalue weighted by atomic mass is 10.2. The summed E-state index contributed by atoms with van der Waals surface area (Å²) in [5.74, 6) is -0.275. The third-order valence-corrected chi connectivity index (χ3v) is 3.30.